The molecule has 0 unspecified atom stereocenters. The Kier molecular flexibility index (Phi) is 3.73. The molecule has 0 saturated carbocycles. The largest absolute Gasteiger partial charge is 0.451 e. The summed E-state index contributed by atoms with van der Waals surface area (Å²) in [6.07, 6.45) is 1.11. The fourth-order valence-corrected chi connectivity index (χ4v) is 2.79. The van der Waals surface area contributed by atoms with Crippen LogP contribution in [0.1, 0.15) is 21.5 Å². The van der Waals surface area contributed by atoms with Gasteiger partial charge in [-0.15, -0.1) is 0 Å². The van der Waals surface area contributed by atoms with Crippen LogP contribution in [0.2, 0.25) is 0 Å². The van der Waals surface area contributed by atoms with Gasteiger partial charge in [0.25, 0.3) is 15.9 Å². The Morgan fingerprint density at radius 2 is 1.95 bits per heavy atom. The number of furan rings is 1. The van der Waals surface area contributed by atoms with E-state index in [-0.39, 0.29) is 10.7 Å². The van der Waals surface area contributed by atoms with E-state index >= 15 is 0 Å². The number of fused-ring (bicyclic) bond motifs is 1. The summed E-state index contributed by atoms with van der Waals surface area (Å²) >= 11 is 0. The van der Waals surface area contributed by atoms with Crippen LogP contribution in [0, 0.1) is 0 Å². The van der Waals surface area contributed by atoms with Gasteiger partial charge in [0.1, 0.15) is 6.26 Å². The van der Waals surface area contributed by atoms with Crippen molar-refractivity contribution < 1.29 is 22.4 Å². The molecule has 0 saturated heterocycles. The molecule has 3 rings (SSSR count). The Morgan fingerprint density at radius 1 is 1.18 bits per heavy atom. The molecule has 2 N–H and O–H groups in total. The van der Waals surface area contributed by atoms with E-state index in [9.17, 15) is 13.2 Å². The third-order valence-corrected chi connectivity index (χ3v) is 4.63. The van der Waals surface area contributed by atoms with Gasteiger partial charge in [-0.05, 0) is 30.3 Å². The number of ether oxygens (including phenoxy) is 1. The van der Waals surface area contributed by atoms with Gasteiger partial charge in [-0.1, -0.05) is 6.07 Å². The van der Waals surface area contributed by atoms with Crippen molar-refractivity contribution in [3.8, 4) is 0 Å². The average Bonchev–Trinajstić information content (AvgIpc) is 3.16. The van der Waals surface area contributed by atoms with Crippen molar-refractivity contribution in [1.82, 2.24) is 4.72 Å². The van der Waals surface area contributed by atoms with Crippen LogP contribution in [-0.2, 0) is 28.0 Å². The lowest BCUT2D eigenvalue weighted by molar-refractivity contribution is 0.102. The van der Waals surface area contributed by atoms with Gasteiger partial charge in [-0.25, -0.2) is 13.1 Å². The predicted molar refractivity (Wildman–Crippen MR) is 77.8 cm³/mol. The van der Waals surface area contributed by atoms with Crippen molar-refractivity contribution in [1.29, 1.82) is 0 Å². The second-order valence-corrected chi connectivity index (χ2v) is 6.61. The Hall–Kier alpha value is -2.16. The second kappa shape index (κ2) is 5.56. The highest BCUT2D eigenvalue weighted by atomic mass is 32.2. The van der Waals surface area contributed by atoms with Crippen LogP contribution in [0.15, 0.2) is 40.0 Å². The molecular weight excluding hydrogens is 308 g/mol. The van der Waals surface area contributed by atoms with Gasteiger partial charge in [0.15, 0.2) is 0 Å². The number of hydrogen-bond acceptors (Lipinski definition) is 5. The number of nitrogens with one attached hydrogen (secondary N) is 2. The van der Waals surface area contributed by atoms with E-state index in [1.807, 2.05) is 12.1 Å². The number of benzene rings is 1. The normalized spacial score (nSPS) is 13.9. The van der Waals surface area contributed by atoms with Gasteiger partial charge in [0.2, 0.25) is 5.09 Å². The first-order chi connectivity index (χ1) is 10.5. The van der Waals surface area contributed by atoms with E-state index in [4.69, 9.17) is 9.15 Å². The molecule has 1 aromatic carbocycles. The summed E-state index contributed by atoms with van der Waals surface area (Å²) in [5.74, 6) is -0.444. The number of carbonyl (C=O) groups is 1. The van der Waals surface area contributed by atoms with Crippen LogP contribution in [0.5, 0.6) is 0 Å². The molecule has 0 fully saturated rings. The zero-order chi connectivity index (χ0) is 15.7. The van der Waals surface area contributed by atoms with E-state index in [0.717, 1.165) is 17.4 Å². The van der Waals surface area contributed by atoms with Gasteiger partial charge < -0.3 is 14.5 Å². The molecule has 7 nitrogen and oxygen atoms in total. The third kappa shape index (κ3) is 2.76. The van der Waals surface area contributed by atoms with Crippen molar-refractivity contribution in [3.63, 3.8) is 0 Å². The van der Waals surface area contributed by atoms with Crippen molar-refractivity contribution in [2.24, 2.45) is 0 Å². The van der Waals surface area contributed by atoms with Gasteiger partial charge >= 0.3 is 0 Å². The molecule has 0 bridgehead atoms. The van der Waals surface area contributed by atoms with Crippen LogP contribution in [0.4, 0.5) is 5.69 Å². The number of amides is 1. The van der Waals surface area contributed by atoms with Crippen LogP contribution in [0.25, 0.3) is 0 Å². The molecule has 2 heterocycles. The maximum atomic E-state index is 12.1. The zero-order valence-corrected chi connectivity index (χ0v) is 12.6. The van der Waals surface area contributed by atoms with Gasteiger partial charge in [0.05, 0.1) is 18.8 Å². The Labute approximate surface area is 127 Å². The minimum Gasteiger partial charge on any atom is -0.451 e. The molecule has 0 aliphatic carbocycles. The minimum absolute atomic E-state index is 0.130. The summed E-state index contributed by atoms with van der Waals surface area (Å²) in [4.78, 5) is 12.1. The molecule has 22 heavy (non-hydrogen) atoms. The molecule has 1 amide bonds. The second-order valence-electron chi connectivity index (χ2n) is 4.79. The van der Waals surface area contributed by atoms with Crippen molar-refractivity contribution >= 4 is 21.6 Å². The minimum atomic E-state index is -3.70. The topological polar surface area (TPSA) is 97.6 Å². The lowest BCUT2D eigenvalue weighted by atomic mass is 10.1. The summed E-state index contributed by atoms with van der Waals surface area (Å²) in [5, 5.41) is 2.40. The summed E-state index contributed by atoms with van der Waals surface area (Å²) in [6, 6.07) is 6.68. The lowest BCUT2D eigenvalue weighted by Gasteiger charge is -2.05. The third-order valence-electron chi connectivity index (χ3n) is 3.35. The SMILES string of the molecule is CNS(=O)(=O)c1cc(C(=O)Nc2ccc3c(c2)COC3)co1. The molecule has 1 aliphatic rings. The van der Waals surface area contributed by atoms with Crippen LogP contribution in [0.3, 0.4) is 0 Å². The van der Waals surface area contributed by atoms with E-state index in [0.29, 0.717) is 18.9 Å². The Bertz CT molecular complexity index is 826. The number of hydrogen-bond donors (Lipinski definition) is 2. The maximum absolute atomic E-state index is 12.1. The first-order valence-corrected chi connectivity index (χ1v) is 8.01. The first-order valence-electron chi connectivity index (χ1n) is 6.52. The summed E-state index contributed by atoms with van der Waals surface area (Å²) in [7, 11) is -2.44. The number of rotatable bonds is 4. The Morgan fingerprint density at radius 3 is 2.73 bits per heavy atom. The van der Waals surface area contributed by atoms with E-state index in [1.54, 1.807) is 6.07 Å². The van der Waals surface area contributed by atoms with Crippen molar-refractivity contribution in [2.75, 3.05) is 12.4 Å². The maximum Gasteiger partial charge on any atom is 0.273 e. The highest BCUT2D eigenvalue weighted by molar-refractivity contribution is 7.89. The molecule has 0 radical (unpaired) electrons. The van der Waals surface area contributed by atoms with Crippen LogP contribution >= 0.6 is 0 Å². The first kappa shape index (κ1) is 14.8. The van der Waals surface area contributed by atoms with Crippen LogP contribution in [-0.4, -0.2) is 21.4 Å². The molecular formula is C14H14N2O5S. The quantitative estimate of drug-likeness (QED) is 0.888. The molecule has 8 heteroatoms. The van der Waals surface area contributed by atoms with Gasteiger partial charge in [0, 0.05) is 11.8 Å². The number of carbonyl (C=O) groups excluding carboxylic acids is 1. The van der Waals surface area contributed by atoms with E-state index < -0.39 is 15.9 Å². The highest BCUT2D eigenvalue weighted by Crippen LogP contribution is 2.24. The number of sulfonamides is 1. The number of anilines is 1. The standard InChI is InChI=1S/C14H14N2O5S/c1-15-22(18,19)13-5-11(8-21-13)14(17)16-12-3-2-9-6-20-7-10(9)4-12/h2-5,8,15H,6-7H2,1H3,(H,16,17). The summed E-state index contributed by atoms with van der Waals surface area (Å²) < 4.78 is 35.5. The molecule has 1 aliphatic heterocycles. The lowest BCUT2D eigenvalue weighted by Crippen LogP contribution is -2.18. The van der Waals surface area contributed by atoms with Crippen LogP contribution < -0.4 is 10.0 Å². The highest BCUT2D eigenvalue weighted by Gasteiger charge is 2.20. The van der Waals surface area contributed by atoms with Gasteiger partial charge in [-0.2, -0.15) is 0 Å². The fourth-order valence-electron chi connectivity index (χ4n) is 2.13. The van der Waals surface area contributed by atoms with Crippen molar-refractivity contribution in [2.45, 2.75) is 18.3 Å². The monoisotopic (exact) mass is 322 g/mol. The Balaban J connectivity index is 1.78. The van der Waals surface area contributed by atoms with E-state index in [1.165, 1.54) is 13.1 Å². The van der Waals surface area contributed by atoms with Gasteiger partial charge in [-0.3, -0.25) is 4.79 Å². The van der Waals surface area contributed by atoms with E-state index in [2.05, 4.69) is 10.0 Å². The molecule has 116 valence electrons. The average molecular weight is 322 g/mol. The summed E-state index contributed by atoms with van der Waals surface area (Å²) in [6.45, 7) is 1.10. The predicted octanol–water partition coefficient (Wildman–Crippen LogP) is 1.47. The molecule has 2 aromatic rings. The fraction of sp³-hybridized carbons (Fsp3) is 0.214. The molecule has 1 aromatic heterocycles. The molecule has 0 atom stereocenters. The smallest absolute Gasteiger partial charge is 0.273 e. The van der Waals surface area contributed by atoms with Crippen molar-refractivity contribution in [3.05, 3.63) is 47.2 Å². The molecule has 0 spiro atoms. The summed E-state index contributed by atoms with van der Waals surface area (Å²) in [5.41, 5.74) is 2.88. The zero-order valence-electron chi connectivity index (χ0n) is 11.8.